The van der Waals surface area contributed by atoms with E-state index in [1.165, 1.54) is 11.0 Å². The number of carbonyl (C=O) groups excluding carboxylic acids is 1. The molecule has 0 radical (unpaired) electrons. The van der Waals surface area contributed by atoms with Gasteiger partial charge in [-0.05, 0) is 43.4 Å². The van der Waals surface area contributed by atoms with Gasteiger partial charge in [0.2, 0.25) is 0 Å². The lowest BCUT2D eigenvalue weighted by Gasteiger charge is -2.21. The van der Waals surface area contributed by atoms with Crippen molar-refractivity contribution in [3.05, 3.63) is 65.7 Å². The number of halogens is 1. The van der Waals surface area contributed by atoms with E-state index in [0.717, 1.165) is 30.2 Å². The van der Waals surface area contributed by atoms with Crippen molar-refractivity contribution in [1.82, 2.24) is 24.7 Å². The van der Waals surface area contributed by atoms with E-state index in [9.17, 15) is 9.18 Å². The summed E-state index contributed by atoms with van der Waals surface area (Å²) in [5.74, 6) is 0.951. The molecule has 3 aromatic heterocycles. The third-order valence-corrected chi connectivity index (χ3v) is 5.78. The van der Waals surface area contributed by atoms with Crippen molar-refractivity contribution in [3.63, 3.8) is 0 Å². The Morgan fingerprint density at radius 2 is 2.03 bits per heavy atom. The average molecular weight is 446 g/mol. The molecule has 3 heterocycles. The Labute approximate surface area is 190 Å². The van der Waals surface area contributed by atoms with Crippen molar-refractivity contribution in [2.45, 2.75) is 38.6 Å². The first kappa shape index (κ1) is 21.0. The van der Waals surface area contributed by atoms with Crippen LogP contribution in [0.25, 0.3) is 22.6 Å². The minimum atomic E-state index is -0.542. The average Bonchev–Trinajstić information content (AvgIpc) is 3.60. The standard InChI is InChI=1S/C24H24FN7O/c1-2-12-31(24(26)33)23-18(15-9-10-15)13-28-21(29-23)20-17-7-5-11-27-22(17)32(30-20)14-16-6-3-4-8-19(16)25/h3-8,11,13,15H,2,9-10,12,14H2,1H3,(H2,26,33). The second kappa shape index (κ2) is 8.57. The summed E-state index contributed by atoms with van der Waals surface area (Å²) in [6.45, 7) is 2.67. The Kier molecular flexibility index (Phi) is 5.45. The van der Waals surface area contributed by atoms with Crippen LogP contribution in [0, 0.1) is 5.82 Å². The molecule has 5 rings (SSSR count). The van der Waals surface area contributed by atoms with Crippen LogP contribution in [0.2, 0.25) is 0 Å². The summed E-state index contributed by atoms with van der Waals surface area (Å²) in [6, 6.07) is 9.75. The van der Waals surface area contributed by atoms with E-state index in [1.54, 1.807) is 35.3 Å². The highest BCUT2D eigenvalue weighted by atomic mass is 19.1. The maximum atomic E-state index is 14.3. The second-order valence-electron chi connectivity index (χ2n) is 8.21. The van der Waals surface area contributed by atoms with Crippen LogP contribution in [-0.2, 0) is 6.54 Å². The lowest BCUT2D eigenvalue weighted by Crippen LogP contribution is -2.37. The van der Waals surface area contributed by atoms with Crippen molar-refractivity contribution in [2.75, 3.05) is 11.4 Å². The molecule has 0 atom stereocenters. The first-order valence-electron chi connectivity index (χ1n) is 11.1. The van der Waals surface area contributed by atoms with E-state index in [2.05, 4.69) is 9.97 Å². The molecule has 1 fully saturated rings. The van der Waals surface area contributed by atoms with Crippen LogP contribution in [-0.4, -0.2) is 37.3 Å². The van der Waals surface area contributed by atoms with Crippen molar-refractivity contribution in [1.29, 1.82) is 0 Å². The summed E-state index contributed by atoms with van der Waals surface area (Å²) in [6.07, 6.45) is 6.27. The Hall–Kier alpha value is -3.88. The number of nitrogens with two attached hydrogens (primary N) is 1. The van der Waals surface area contributed by atoms with Gasteiger partial charge in [0.1, 0.15) is 17.3 Å². The molecule has 2 N–H and O–H groups in total. The quantitative estimate of drug-likeness (QED) is 0.458. The number of carbonyl (C=O) groups is 1. The lowest BCUT2D eigenvalue weighted by molar-refractivity contribution is 0.253. The van der Waals surface area contributed by atoms with Crippen LogP contribution in [0.5, 0.6) is 0 Å². The summed E-state index contributed by atoms with van der Waals surface area (Å²) < 4.78 is 15.9. The number of primary amides is 1. The predicted molar refractivity (Wildman–Crippen MR) is 123 cm³/mol. The second-order valence-corrected chi connectivity index (χ2v) is 8.21. The summed E-state index contributed by atoms with van der Waals surface area (Å²) in [4.78, 5) is 27.5. The molecule has 0 bridgehead atoms. The number of hydrogen-bond donors (Lipinski definition) is 1. The molecule has 0 aliphatic heterocycles. The third-order valence-electron chi connectivity index (χ3n) is 5.78. The number of hydrogen-bond acceptors (Lipinski definition) is 5. The normalized spacial score (nSPS) is 13.4. The Morgan fingerprint density at radius 1 is 1.21 bits per heavy atom. The molecule has 33 heavy (non-hydrogen) atoms. The van der Waals surface area contributed by atoms with Gasteiger partial charge >= 0.3 is 6.03 Å². The maximum absolute atomic E-state index is 14.3. The van der Waals surface area contributed by atoms with E-state index < -0.39 is 6.03 Å². The molecular weight excluding hydrogens is 421 g/mol. The fourth-order valence-electron chi connectivity index (χ4n) is 4.01. The number of rotatable bonds is 7. The molecule has 8 nitrogen and oxygen atoms in total. The van der Waals surface area contributed by atoms with Crippen LogP contribution >= 0.6 is 0 Å². The van der Waals surface area contributed by atoms with Crippen LogP contribution in [0.1, 0.15) is 43.2 Å². The van der Waals surface area contributed by atoms with Gasteiger partial charge in [-0.2, -0.15) is 5.10 Å². The monoisotopic (exact) mass is 445 g/mol. The molecule has 1 aliphatic carbocycles. The lowest BCUT2D eigenvalue weighted by atomic mass is 10.1. The molecule has 0 spiro atoms. The van der Waals surface area contributed by atoms with Gasteiger partial charge in [0, 0.05) is 30.1 Å². The fraction of sp³-hybridized carbons (Fsp3) is 0.292. The number of nitrogens with zero attached hydrogens (tertiary/aromatic N) is 6. The molecule has 0 saturated heterocycles. The van der Waals surface area contributed by atoms with E-state index in [4.69, 9.17) is 15.8 Å². The SMILES string of the molecule is CCCN(C(N)=O)c1nc(-c2nn(Cc3ccccc3F)c3ncccc23)ncc1C1CC1. The smallest absolute Gasteiger partial charge is 0.320 e. The third kappa shape index (κ3) is 4.02. The zero-order valence-corrected chi connectivity index (χ0v) is 18.3. The Morgan fingerprint density at radius 3 is 2.76 bits per heavy atom. The zero-order chi connectivity index (χ0) is 22.9. The number of urea groups is 1. The molecule has 9 heteroatoms. The topological polar surface area (TPSA) is 103 Å². The fourth-order valence-corrected chi connectivity index (χ4v) is 4.01. The molecule has 1 saturated carbocycles. The maximum Gasteiger partial charge on any atom is 0.320 e. The van der Waals surface area contributed by atoms with Gasteiger partial charge in [-0.1, -0.05) is 25.1 Å². The van der Waals surface area contributed by atoms with Gasteiger partial charge in [-0.15, -0.1) is 0 Å². The number of benzene rings is 1. The van der Waals surface area contributed by atoms with Gasteiger partial charge in [0.05, 0.1) is 11.9 Å². The first-order chi connectivity index (χ1) is 16.1. The van der Waals surface area contributed by atoms with Crippen LogP contribution in [0.4, 0.5) is 15.0 Å². The van der Waals surface area contributed by atoms with E-state index in [-0.39, 0.29) is 12.4 Å². The highest BCUT2D eigenvalue weighted by Gasteiger charge is 2.31. The number of fused-ring (bicyclic) bond motifs is 1. The predicted octanol–water partition coefficient (Wildman–Crippen LogP) is 4.25. The summed E-state index contributed by atoms with van der Waals surface area (Å²) >= 11 is 0. The van der Waals surface area contributed by atoms with Gasteiger partial charge < -0.3 is 5.73 Å². The molecule has 2 amide bonds. The zero-order valence-electron chi connectivity index (χ0n) is 18.3. The highest BCUT2D eigenvalue weighted by Crippen LogP contribution is 2.44. The van der Waals surface area contributed by atoms with Crippen molar-refractivity contribution >= 4 is 22.9 Å². The van der Waals surface area contributed by atoms with E-state index in [1.807, 2.05) is 19.1 Å². The summed E-state index contributed by atoms with van der Waals surface area (Å²) in [5, 5.41) is 5.46. The minimum Gasteiger partial charge on any atom is -0.351 e. The Balaban J connectivity index is 1.63. The van der Waals surface area contributed by atoms with Crippen LogP contribution < -0.4 is 10.6 Å². The molecule has 168 valence electrons. The number of aromatic nitrogens is 5. The molecule has 1 aliphatic rings. The Bertz CT molecular complexity index is 1330. The van der Waals surface area contributed by atoms with Gasteiger partial charge in [-0.3, -0.25) is 4.90 Å². The van der Waals surface area contributed by atoms with Gasteiger partial charge in [0.25, 0.3) is 0 Å². The molecule has 1 aromatic carbocycles. The van der Waals surface area contributed by atoms with Crippen LogP contribution in [0.3, 0.4) is 0 Å². The van der Waals surface area contributed by atoms with Gasteiger partial charge in [0.15, 0.2) is 11.5 Å². The first-order valence-corrected chi connectivity index (χ1v) is 11.1. The number of anilines is 1. The largest absolute Gasteiger partial charge is 0.351 e. The number of pyridine rings is 1. The van der Waals surface area contributed by atoms with E-state index >= 15 is 0 Å². The van der Waals surface area contributed by atoms with Gasteiger partial charge in [-0.25, -0.2) is 28.8 Å². The molecular formula is C24H24FN7O. The molecule has 0 unspecified atom stereocenters. The van der Waals surface area contributed by atoms with Crippen molar-refractivity contribution in [3.8, 4) is 11.5 Å². The van der Waals surface area contributed by atoms with Crippen molar-refractivity contribution < 1.29 is 9.18 Å². The highest BCUT2D eigenvalue weighted by molar-refractivity contribution is 5.92. The van der Waals surface area contributed by atoms with Crippen LogP contribution in [0.15, 0.2) is 48.8 Å². The van der Waals surface area contributed by atoms with Crippen molar-refractivity contribution in [2.24, 2.45) is 5.73 Å². The summed E-state index contributed by atoms with van der Waals surface area (Å²) in [5.41, 5.74) is 8.26. The molecule has 4 aromatic rings. The minimum absolute atomic E-state index is 0.219. The number of amides is 2. The summed E-state index contributed by atoms with van der Waals surface area (Å²) in [7, 11) is 0. The van der Waals surface area contributed by atoms with E-state index in [0.29, 0.717) is 41.0 Å².